The Bertz CT molecular complexity index is 1550. The summed E-state index contributed by atoms with van der Waals surface area (Å²) in [6.07, 6.45) is 6.09. The van der Waals surface area contributed by atoms with E-state index in [2.05, 4.69) is 43.7 Å². The van der Waals surface area contributed by atoms with Gasteiger partial charge in [0.1, 0.15) is 17.7 Å². The number of imidazole rings is 2. The molecule has 0 bridgehead atoms. The average molecular weight is 583 g/mol. The number of nitrogens with one attached hydrogen (secondary N) is 1. The summed E-state index contributed by atoms with van der Waals surface area (Å²) in [5, 5.41) is 0. The number of nitrogens with two attached hydrogens (primary N) is 1. The summed E-state index contributed by atoms with van der Waals surface area (Å²) in [6.45, 7) is 6.47. The fraction of sp³-hybridized carbons (Fsp3) is 0.520. The van der Waals surface area contributed by atoms with E-state index in [9.17, 15) is 21.6 Å². The zero-order valence-corrected chi connectivity index (χ0v) is 23.3. The molecule has 3 aromatic heterocycles. The van der Waals surface area contributed by atoms with Gasteiger partial charge in [-0.15, -0.1) is 0 Å². The molecule has 4 aromatic rings. The molecule has 4 rings (SSSR count). The number of hydrogen-bond donors (Lipinski definition) is 2. The fourth-order valence-electron chi connectivity index (χ4n) is 4.52. The van der Waals surface area contributed by atoms with E-state index in [1.807, 2.05) is 4.57 Å². The van der Waals surface area contributed by atoms with Gasteiger partial charge in [-0.2, -0.15) is 13.2 Å². The van der Waals surface area contributed by atoms with Crippen LogP contribution in [0.25, 0.3) is 22.2 Å². The van der Waals surface area contributed by atoms with E-state index in [1.165, 1.54) is 12.4 Å². The molecule has 218 valence electrons. The Morgan fingerprint density at radius 3 is 2.65 bits per heavy atom. The van der Waals surface area contributed by atoms with Crippen LogP contribution in [0.1, 0.15) is 38.9 Å². The van der Waals surface area contributed by atoms with Crippen LogP contribution in [-0.2, 0) is 27.5 Å². The van der Waals surface area contributed by atoms with Crippen molar-refractivity contribution in [3.05, 3.63) is 36.7 Å². The molecule has 1 aromatic carbocycles. The maximum atomic E-state index is 12.9. The molecule has 0 spiro atoms. The second-order valence-corrected chi connectivity index (χ2v) is 11.8. The molecule has 11 nitrogen and oxygen atoms in total. The minimum absolute atomic E-state index is 0.0171. The van der Waals surface area contributed by atoms with Gasteiger partial charge in [0.2, 0.25) is 0 Å². The fourth-order valence-corrected chi connectivity index (χ4v) is 5.31. The molecule has 0 fully saturated rings. The lowest BCUT2D eigenvalue weighted by Gasteiger charge is -2.30. The van der Waals surface area contributed by atoms with Crippen LogP contribution in [0, 0.1) is 0 Å². The number of methoxy groups -OCH3 is 1. The molecule has 0 aliphatic heterocycles. The number of rotatable bonds is 13. The molecule has 0 amide bonds. The maximum absolute atomic E-state index is 12.9. The van der Waals surface area contributed by atoms with Gasteiger partial charge in [-0.3, -0.25) is 4.90 Å². The molecule has 3 heterocycles. The second kappa shape index (κ2) is 12.1. The third-order valence-corrected chi connectivity index (χ3v) is 8.33. The highest BCUT2D eigenvalue weighted by atomic mass is 32.2. The predicted molar refractivity (Wildman–Crippen MR) is 144 cm³/mol. The minimum Gasteiger partial charge on any atom is -0.382 e. The van der Waals surface area contributed by atoms with Crippen LogP contribution in [0.4, 0.5) is 19.0 Å². The third kappa shape index (κ3) is 6.53. The van der Waals surface area contributed by atoms with Crippen molar-refractivity contribution < 1.29 is 26.3 Å². The van der Waals surface area contributed by atoms with Crippen LogP contribution < -0.4 is 5.73 Å². The number of benzene rings is 1. The van der Waals surface area contributed by atoms with E-state index in [0.717, 1.165) is 44.5 Å². The predicted octanol–water partition coefficient (Wildman–Crippen LogP) is 3.72. The lowest BCUT2D eigenvalue weighted by molar-refractivity contribution is -0.0435. The zero-order valence-electron chi connectivity index (χ0n) is 22.5. The molecule has 0 saturated carbocycles. The molecule has 0 radical (unpaired) electrons. The largest absolute Gasteiger partial charge is 0.501 e. The number of unbranched alkanes of at least 4 members (excludes halogenated alkanes) is 1. The molecular formula is C25H33F3N8O3S. The molecule has 1 unspecified atom stereocenters. The number of H-pyrrole nitrogens is 1. The zero-order chi connectivity index (χ0) is 29.1. The number of sulfone groups is 1. The van der Waals surface area contributed by atoms with Gasteiger partial charge in [-0.05, 0) is 57.9 Å². The van der Waals surface area contributed by atoms with Gasteiger partial charge in [0.25, 0.3) is 9.84 Å². The van der Waals surface area contributed by atoms with Crippen LogP contribution in [0.2, 0.25) is 0 Å². The van der Waals surface area contributed by atoms with Gasteiger partial charge < -0.3 is 20.0 Å². The normalized spacial score (nSPS) is 13.7. The van der Waals surface area contributed by atoms with Crippen molar-refractivity contribution in [1.29, 1.82) is 0 Å². The first-order valence-electron chi connectivity index (χ1n) is 12.9. The maximum Gasteiger partial charge on any atom is 0.501 e. The smallest absolute Gasteiger partial charge is 0.382 e. The summed E-state index contributed by atoms with van der Waals surface area (Å²) in [6, 6.07) is 3.49. The third-order valence-electron chi connectivity index (χ3n) is 6.85. The Morgan fingerprint density at radius 1 is 1.18 bits per heavy atom. The number of aryl methyl sites for hydroxylation is 2. The first-order valence-corrected chi connectivity index (χ1v) is 14.4. The van der Waals surface area contributed by atoms with E-state index in [4.69, 9.17) is 10.5 Å². The number of fused-ring (bicyclic) bond motifs is 2. The highest BCUT2D eigenvalue weighted by molar-refractivity contribution is 7.92. The molecule has 1 atom stereocenters. The lowest BCUT2D eigenvalue weighted by atomic mass is 10.1. The number of hydrogen-bond acceptors (Lipinski definition) is 9. The molecule has 0 saturated heterocycles. The Hall–Kier alpha value is -3.30. The minimum atomic E-state index is -5.42. The van der Waals surface area contributed by atoms with Gasteiger partial charge in [0, 0.05) is 32.7 Å². The number of nitrogens with zero attached hydrogens (tertiary/aromatic N) is 6. The summed E-state index contributed by atoms with van der Waals surface area (Å²) < 4.78 is 69.8. The molecule has 0 aliphatic rings. The molecule has 40 heavy (non-hydrogen) atoms. The number of nitrogen functional groups attached to an aromatic ring is 1. The summed E-state index contributed by atoms with van der Waals surface area (Å²) in [5.41, 5.74) is 2.46. The summed E-state index contributed by atoms with van der Waals surface area (Å²) in [5.74, 6) is 0.944. The van der Waals surface area contributed by atoms with Gasteiger partial charge >= 0.3 is 5.51 Å². The van der Waals surface area contributed by atoms with Crippen molar-refractivity contribution in [1.82, 2.24) is 34.4 Å². The highest BCUT2D eigenvalue weighted by Gasteiger charge is 2.47. The molecular weight excluding hydrogens is 549 g/mol. The lowest BCUT2D eigenvalue weighted by Crippen LogP contribution is -2.39. The van der Waals surface area contributed by atoms with Gasteiger partial charge in [-0.1, -0.05) is 0 Å². The van der Waals surface area contributed by atoms with E-state index < -0.39 is 20.2 Å². The quantitative estimate of drug-likeness (QED) is 0.225. The van der Waals surface area contributed by atoms with Crippen LogP contribution in [0.5, 0.6) is 0 Å². The number of aromatic amines is 1. The summed E-state index contributed by atoms with van der Waals surface area (Å²) in [7, 11) is -3.72. The van der Waals surface area contributed by atoms with Crippen LogP contribution in [0.3, 0.4) is 0 Å². The Balaban J connectivity index is 1.30. The van der Waals surface area contributed by atoms with Crippen molar-refractivity contribution in [3.8, 4) is 0 Å². The molecule has 15 heteroatoms. The monoisotopic (exact) mass is 582 g/mol. The van der Waals surface area contributed by atoms with E-state index in [-0.39, 0.29) is 11.6 Å². The topological polar surface area (TPSA) is 145 Å². The van der Waals surface area contributed by atoms with Crippen LogP contribution in [-0.4, -0.2) is 80.7 Å². The summed E-state index contributed by atoms with van der Waals surface area (Å²) >= 11 is 0. The summed E-state index contributed by atoms with van der Waals surface area (Å²) in [4.78, 5) is 21.5. The Kier molecular flexibility index (Phi) is 8.95. The first-order chi connectivity index (χ1) is 18.9. The van der Waals surface area contributed by atoms with Crippen molar-refractivity contribution in [2.75, 3.05) is 25.9 Å². The highest BCUT2D eigenvalue weighted by Crippen LogP contribution is 2.31. The van der Waals surface area contributed by atoms with E-state index in [0.29, 0.717) is 47.3 Å². The van der Waals surface area contributed by atoms with Gasteiger partial charge in [0.15, 0.2) is 11.5 Å². The Labute approximate surface area is 229 Å². The van der Waals surface area contributed by atoms with Crippen molar-refractivity contribution in [3.63, 3.8) is 0 Å². The van der Waals surface area contributed by atoms with Crippen molar-refractivity contribution in [2.24, 2.45) is 0 Å². The average Bonchev–Trinajstić information content (AvgIpc) is 3.51. The van der Waals surface area contributed by atoms with Gasteiger partial charge in [-0.25, -0.2) is 28.4 Å². The number of aromatic nitrogens is 6. The number of ether oxygens (including phenoxy) is 1. The Morgan fingerprint density at radius 2 is 1.95 bits per heavy atom. The van der Waals surface area contributed by atoms with E-state index in [1.54, 1.807) is 13.4 Å². The van der Waals surface area contributed by atoms with E-state index >= 15 is 0 Å². The number of anilines is 1. The second-order valence-electron chi connectivity index (χ2n) is 9.87. The van der Waals surface area contributed by atoms with Crippen LogP contribution in [0.15, 0.2) is 35.7 Å². The standard InChI is InChI=1S/C25H33F3N8O3S/c1-16(2)35(13-17(39-3)9-11-36-15-32-22-23(29)30-14-31-24(22)36)10-5-4-6-21-33-19-8-7-18(12-20(19)34-21)40(37,38)25(26,27)28/h7-8,12,14-17H,4-6,9-11,13H2,1-3H3,(H,33,34)(H2,29,30,31). The number of alkyl halides is 3. The molecule has 3 N–H and O–H groups in total. The number of halogens is 3. The van der Waals surface area contributed by atoms with Crippen LogP contribution >= 0.6 is 0 Å². The van der Waals surface area contributed by atoms with Gasteiger partial charge in [0.05, 0.1) is 28.4 Å². The first kappa shape index (κ1) is 29.7. The molecule has 0 aliphatic carbocycles. The van der Waals surface area contributed by atoms with Crippen molar-refractivity contribution in [2.45, 2.75) is 68.6 Å². The van der Waals surface area contributed by atoms with Crippen molar-refractivity contribution >= 4 is 37.9 Å². The SMILES string of the molecule is COC(CCn1cnc2c(N)ncnc21)CN(CCCCc1nc2ccc(S(=O)(=O)C(F)(F)F)cc2[nH]1)C(C)C.